The second-order valence-electron chi connectivity index (χ2n) is 3.98. The molecule has 0 saturated carbocycles. The first kappa shape index (κ1) is 14.3. The maximum Gasteiger partial charge on any atom is 0.265 e. The Hall–Kier alpha value is -2.12. The van der Waals surface area contributed by atoms with Gasteiger partial charge in [0.25, 0.3) is 11.8 Å². The summed E-state index contributed by atoms with van der Waals surface area (Å²) >= 11 is 10.1. The molecule has 0 radical (unpaired) electrons. The van der Waals surface area contributed by atoms with Gasteiger partial charge in [0.1, 0.15) is 10.2 Å². The Morgan fingerprint density at radius 2 is 2.10 bits per heavy atom. The van der Waals surface area contributed by atoms with Gasteiger partial charge in [0, 0.05) is 18.3 Å². The van der Waals surface area contributed by atoms with Crippen LogP contribution in [0.1, 0.15) is 5.56 Å². The Bertz CT molecular complexity index is 691. The minimum atomic E-state index is -0.529. The van der Waals surface area contributed by atoms with Gasteiger partial charge in [-0.05, 0) is 24.4 Å². The first-order valence-corrected chi connectivity index (χ1v) is 6.53. The van der Waals surface area contributed by atoms with E-state index in [1.165, 1.54) is 17.1 Å². The molecule has 2 N–H and O–H groups in total. The zero-order chi connectivity index (χ0) is 14.7. The lowest BCUT2D eigenvalue weighted by Gasteiger charge is -2.27. The van der Waals surface area contributed by atoms with Crippen LogP contribution in [-0.2, 0) is 9.59 Å². The summed E-state index contributed by atoms with van der Waals surface area (Å²) in [5, 5.41) is 2.55. The molecule has 7 heteroatoms. The number of aromatic amines is 1. The first-order valence-electron chi connectivity index (χ1n) is 5.72. The van der Waals surface area contributed by atoms with Crippen molar-refractivity contribution >= 4 is 47.4 Å². The summed E-state index contributed by atoms with van der Waals surface area (Å²) in [5.41, 5.74) is 0.582. The van der Waals surface area contributed by atoms with Crippen molar-refractivity contribution in [3.05, 3.63) is 46.8 Å². The summed E-state index contributed by atoms with van der Waals surface area (Å²) in [6, 6.07) is 3.46. The van der Waals surface area contributed by atoms with Crippen LogP contribution >= 0.6 is 24.4 Å². The van der Waals surface area contributed by atoms with Crippen LogP contribution in [0.5, 0.6) is 0 Å². The van der Waals surface area contributed by atoms with Gasteiger partial charge in [0.05, 0.1) is 0 Å². The van der Waals surface area contributed by atoms with E-state index in [1.54, 1.807) is 18.3 Å². The van der Waals surface area contributed by atoms with Crippen LogP contribution in [0.3, 0.4) is 0 Å². The average molecular weight is 305 g/mol. The monoisotopic (exact) mass is 305 g/mol. The normalized spacial score (nSPS) is 17.3. The van der Waals surface area contributed by atoms with Crippen LogP contribution < -0.4 is 5.32 Å². The molecule has 0 aliphatic carbocycles. The number of hydrogen-bond acceptors (Lipinski definition) is 4. The molecule has 0 spiro atoms. The fourth-order valence-electron chi connectivity index (χ4n) is 1.69. The molecule has 5 nitrogen and oxygen atoms in total. The molecule has 102 valence electrons. The largest absolute Gasteiger partial charge is 0.352 e. The third kappa shape index (κ3) is 2.73. The van der Waals surface area contributed by atoms with E-state index in [9.17, 15) is 9.59 Å². The maximum absolute atomic E-state index is 12.3. The molecule has 2 rings (SSSR count). The van der Waals surface area contributed by atoms with E-state index in [0.717, 1.165) is 0 Å². The number of hydrogen-bond donors (Lipinski definition) is 2. The van der Waals surface area contributed by atoms with Gasteiger partial charge in [-0.25, -0.2) is 0 Å². The van der Waals surface area contributed by atoms with Crippen molar-refractivity contribution in [2.45, 2.75) is 0 Å². The van der Waals surface area contributed by atoms with Crippen LogP contribution in [0.2, 0.25) is 0 Å². The van der Waals surface area contributed by atoms with E-state index >= 15 is 0 Å². The average Bonchev–Trinajstić information content (AvgIpc) is 2.41. The van der Waals surface area contributed by atoms with E-state index in [2.05, 4.69) is 16.9 Å². The van der Waals surface area contributed by atoms with Gasteiger partial charge < -0.3 is 4.98 Å². The third-order valence-electron chi connectivity index (χ3n) is 2.65. The number of amides is 2. The van der Waals surface area contributed by atoms with E-state index in [4.69, 9.17) is 24.4 Å². The SMILES string of the molecule is C=CCN1C(=O)/C(=C/c2ccc[nH]c2=S)C(=O)NC1=S. The van der Waals surface area contributed by atoms with Crippen molar-refractivity contribution in [1.29, 1.82) is 0 Å². The smallest absolute Gasteiger partial charge is 0.265 e. The van der Waals surface area contributed by atoms with Crippen LogP contribution in [0.15, 0.2) is 36.6 Å². The van der Waals surface area contributed by atoms with Gasteiger partial charge >= 0.3 is 0 Å². The van der Waals surface area contributed by atoms with Gasteiger partial charge in [-0.1, -0.05) is 24.4 Å². The number of carbonyl (C=O) groups is 2. The molecule has 2 amide bonds. The van der Waals surface area contributed by atoms with Crippen molar-refractivity contribution in [2.24, 2.45) is 0 Å². The van der Waals surface area contributed by atoms with Crippen LogP contribution in [0.4, 0.5) is 0 Å². The number of aromatic nitrogens is 1. The van der Waals surface area contributed by atoms with Crippen molar-refractivity contribution in [1.82, 2.24) is 15.2 Å². The highest BCUT2D eigenvalue weighted by molar-refractivity contribution is 7.80. The molecule has 0 atom stereocenters. The molecule has 1 aromatic rings. The topological polar surface area (TPSA) is 65.2 Å². The van der Waals surface area contributed by atoms with Crippen LogP contribution in [0, 0.1) is 4.64 Å². The zero-order valence-corrected chi connectivity index (χ0v) is 12.0. The number of nitrogens with one attached hydrogen (secondary N) is 2. The summed E-state index contributed by atoms with van der Waals surface area (Å²) < 4.78 is 0.448. The lowest BCUT2D eigenvalue weighted by molar-refractivity contribution is -0.128. The molecular formula is C13H11N3O2S2. The van der Waals surface area contributed by atoms with Gasteiger partial charge in [-0.2, -0.15) is 0 Å². The number of carbonyl (C=O) groups excluding carboxylic acids is 2. The Kier molecular flexibility index (Phi) is 4.21. The fraction of sp³-hybridized carbons (Fsp3) is 0.0769. The quantitative estimate of drug-likeness (QED) is 0.385. The van der Waals surface area contributed by atoms with Gasteiger partial charge in [-0.3, -0.25) is 19.8 Å². The Labute approximate surface area is 126 Å². The van der Waals surface area contributed by atoms with Crippen LogP contribution in [0.25, 0.3) is 6.08 Å². The van der Waals surface area contributed by atoms with Crippen molar-refractivity contribution < 1.29 is 9.59 Å². The molecule has 1 aliphatic heterocycles. The number of H-pyrrole nitrogens is 1. The van der Waals surface area contributed by atoms with Crippen molar-refractivity contribution in [3.8, 4) is 0 Å². The maximum atomic E-state index is 12.3. The zero-order valence-electron chi connectivity index (χ0n) is 10.4. The van der Waals surface area contributed by atoms with Crippen LogP contribution in [-0.4, -0.2) is 33.4 Å². The molecule has 20 heavy (non-hydrogen) atoms. The number of rotatable bonds is 3. The van der Waals surface area contributed by atoms with Gasteiger partial charge in [0.15, 0.2) is 5.11 Å². The van der Waals surface area contributed by atoms with Crippen molar-refractivity contribution in [2.75, 3.05) is 6.54 Å². The third-order valence-corrected chi connectivity index (χ3v) is 3.32. The fourth-order valence-corrected chi connectivity index (χ4v) is 2.14. The Morgan fingerprint density at radius 1 is 1.35 bits per heavy atom. The summed E-state index contributed by atoms with van der Waals surface area (Å²) in [5.74, 6) is -0.990. The molecule has 2 heterocycles. The molecule has 1 aromatic heterocycles. The molecule has 0 unspecified atom stereocenters. The molecule has 0 bridgehead atoms. The van der Waals surface area contributed by atoms with E-state index in [-0.39, 0.29) is 17.2 Å². The number of thiocarbonyl (C=S) groups is 1. The Morgan fingerprint density at radius 3 is 2.75 bits per heavy atom. The highest BCUT2D eigenvalue weighted by Gasteiger charge is 2.32. The second kappa shape index (κ2) is 5.89. The van der Waals surface area contributed by atoms with E-state index in [0.29, 0.717) is 10.2 Å². The standard InChI is InChI=1S/C13H11N3O2S2/c1-2-6-16-12(18)9(10(17)15-13(16)20)7-8-4-3-5-14-11(8)19/h2-5,7H,1,6H2,(H,14,19)(H,15,17,20)/b9-7+. The molecule has 1 fully saturated rings. The lowest BCUT2D eigenvalue weighted by Crippen LogP contribution is -2.53. The summed E-state index contributed by atoms with van der Waals surface area (Å²) in [4.78, 5) is 28.3. The van der Waals surface area contributed by atoms with E-state index < -0.39 is 11.8 Å². The van der Waals surface area contributed by atoms with Crippen molar-refractivity contribution in [3.63, 3.8) is 0 Å². The summed E-state index contributed by atoms with van der Waals surface area (Å²) in [7, 11) is 0. The predicted octanol–water partition coefficient (Wildman–Crippen LogP) is 1.56. The minimum absolute atomic E-state index is 0.00819. The molecule has 0 aromatic carbocycles. The molecule has 1 saturated heterocycles. The number of nitrogens with zero attached hydrogens (tertiary/aromatic N) is 1. The second-order valence-corrected chi connectivity index (χ2v) is 4.77. The predicted molar refractivity (Wildman–Crippen MR) is 82.3 cm³/mol. The molecular weight excluding hydrogens is 294 g/mol. The summed E-state index contributed by atoms with van der Waals surface area (Å²) in [6.07, 6.45) is 4.66. The first-order chi connectivity index (χ1) is 9.54. The summed E-state index contributed by atoms with van der Waals surface area (Å²) in [6.45, 7) is 3.79. The highest BCUT2D eigenvalue weighted by Crippen LogP contribution is 2.14. The van der Waals surface area contributed by atoms with Gasteiger partial charge in [0.2, 0.25) is 0 Å². The lowest BCUT2D eigenvalue weighted by atomic mass is 10.1. The Balaban J connectivity index is 2.44. The molecule has 1 aliphatic rings. The van der Waals surface area contributed by atoms with E-state index in [1.807, 2.05) is 0 Å². The van der Waals surface area contributed by atoms with Gasteiger partial charge in [-0.15, -0.1) is 6.58 Å². The minimum Gasteiger partial charge on any atom is -0.352 e. The number of pyridine rings is 1. The highest BCUT2D eigenvalue weighted by atomic mass is 32.1.